The average Bonchev–Trinajstić information content (AvgIpc) is 2.80. The minimum absolute atomic E-state index is 0.117. The van der Waals surface area contributed by atoms with Gasteiger partial charge in [-0.2, -0.15) is 0 Å². The van der Waals surface area contributed by atoms with Gasteiger partial charge in [0.1, 0.15) is 0 Å². The van der Waals surface area contributed by atoms with E-state index in [0.29, 0.717) is 27.6 Å². The van der Waals surface area contributed by atoms with Gasteiger partial charge in [0.05, 0.1) is 21.7 Å². The van der Waals surface area contributed by atoms with Crippen LogP contribution in [0.1, 0.15) is 28.4 Å². The van der Waals surface area contributed by atoms with Gasteiger partial charge in [0, 0.05) is 24.1 Å². The molecular formula is C25H20N2O4S. The highest BCUT2D eigenvalue weighted by atomic mass is 32.2. The Balaban J connectivity index is 1.75. The second-order valence-corrected chi connectivity index (χ2v) is 9.50. The van der Waals surface area contributed by atoms with Crippen molar-refractivity contribution in [2.75, 3.05) is 4.72 Å². The number of carbonyl (C=O) groups excluding carboxylic acids is 1. The number of rotatable bonds is 4. The monoisotopic (exact) mass is 444 g/mol. The van der Waals surface area contributed by atoms with Crippen LogP contribution in [0.15, 0.2) is 76.4 Å². The molecule has 0 spiro atoms. The van der Waals surface area contributed by atoms with Crippen LogP contribution in [-0.2, 0) is 23.5 Å². The number of hydrogen-bond donors (Lipinski definition) is 1. The largest absolute Gasteiger partial charge is 0.311 e. The fraction of sp³-hybridized carbons (Fsp3) is 0.120. The highest BCUT2D eigenvalue weighted by Gasteiger charge is 2.30. The molecule has 0 saturated carbocycles. The maximum atomic E-state index is 13.5. The number of hydrogen-bond acceptors (Lipinski definition) is 4. The summed E-state index contributed by atoms with van der Waals surface area (Å²) in [6.45, 7) is 2.00. The van der Waals surface area contributed by atoms with Gasteiger partial charge < -0.3 is 4.57 Å². The lowest BCUT2D eigenvalue weighted by Gasteiger charge is -2.23. The molecule has 0 radical (unpaired) electrons. The highest BCUT2D eigenvalue weighted by molar-refractivity contribution is 7.92. The number of fused-ring (bicyclic) bond motifs is 2. The summed E-state index contributed by atoms with van der Waals surface area (Å²) in [5, 5.41) is 0.567. The minimum Gasteiger partial charge on any atom is -0.311 e. The first kappa shape index (κ1) is 20.2. The van der Waals surface area contributed by atoms with Crippen LogP contribution in [0.25, 0.3) is 22.0 Å². The number of carbonyl (C=O) groups is 1. The highest BCUT2D eigenvalue weighted by Crippen LogP contribution is 2.41. The molecule has 0 unspecified atom stereocenters. The van der Waals surface area contributed by atoms with Crippen LogP contribution in [0.2, 0.25) is 0 Å². The van der Waals surface area contributed by atoms with Crippen molar-refractivity contribution in [3.05, 3.63) is 93.8 Å². The van der Waals surface area contributed by atoms with Crippen molar-refractivity contribution in [1.29, 1.82) is 0 Å². The van der Waals surface area contributed by atoms with Crippen molar-refractivity contribution in [1.82, 2.24) is 4.57 Å². The summed E-state index contributed by atoms with van der Waals surface area (Å²) in [5.41, 5.74) is 3.57. The van der Waals surface area contributed by atoms with E-state index in [1.165, 1.54) is 10.6 Å². The molecule has 32 heavy (non-hydrogen) atoms. The van der Waals surface area contributed by atoms with Gasteiger partial charge in [-0.3, -0.25) is 14.3 Å². The fourth-order valence-electron chi connectivity index (χ4n) is 4.25. The molecule has 4 aromatic rings. The zero-order chi connectivity index (χ0) is 22.6. The van der Waals surface area contributed by atoms with Crippen LogP contribution in [0.5, 0.6) is 0 Å². The van der Waals surface area contributed by atoms with Gasteiger partial charge in [0.25, 0.3) is 15.6 Å². The Morgan fingerprint density at radius 2 is 1.56 bits per heavy atom. The van der Waals surface area contributed by atoms with Crippen LogP contribution < -0.4 is 10.3 Å². The predicted molar refractivity (Wildman–Crippen MR) is 125 cm³/mol. The molecule has 6 nitrogen and oxygen atoms in total. The van der Waals surface area contributed by atoms with E-state index in [0.717, 1.165) is 12.0 Å². The zero-order valence-electron chi connectivity index (χ0n) is 17.5. The number of anilines is 1. The standard InChI is InChI=1S/C25H20N2O4S/c1-3-15-8-10-16(11-9-15)32(30,31)26-20-12-13-21-23-19(14-22(28)27(21)2)17-6-4-5-7-18(17)25(29)24(20)23/h4-14,26H,3H2,1-2H3. The fourth-order valence-corrected chi connectivity index (χ4v) is 5.32. The number of aromatic nitrogens is 1. The van der Waals surface area contributed by atoms with Crippen molar-refractivity contribution in [2.45, 2.75) is 18.2 Å². The number of pyridine rings is 1. The summed E-state index contributed by atoms with van der Waals surface area (Å²) < 4.78 is 30.3. The lowest BCUT2D eigenvalue weighted by molar-refractivity contribution is 0.104. The van der Waals surface area contributed by atoms with E-state index in [1.807, 2.05) is 13.0 Å². The molecule has 0 aliphatic heterocycles. The number of nitrogens with one attached hydrogen (secondary N) is 1. The van der Waals surface area contributed by atoms with Crippen molar-refractivity contribution in [3.63, 3.8) is 0 Å². The lowest BCUT2D eigenvalue weighted by atomic mass is 9.83. The second kappa shape index (κ2) is 7.17. The summed E-state index contributed by atoms with van der Waals surface area (Å²) in [6.07, 6.45) is 0.804. The lowest BCUT2D eigenvalue weighted by Crippen LogP contribution is -2.22. The summed E-state index contributed by atoms with van der Waals surface area (Å²) in [5.74, 6) is -0.281. The molecule has 5 rings (SSSR count). The first-order chi connectivity index (χ1) is 15.3. The Morgan fingerprint density at radius 3 is 2.25 bits per heavy atom. The number of aryl methyl sites for hydroxylation is 2. The van der Waals surface area contributed by atoms with E-state index in [9.17, 15) is 18.0 Å². The van der Waals surface area contributed by atoms with E-state index in [4.69, 9.17) is 0 Å². The first-order valence-corrected chi connectivity index (χ1v) is 11.7. The predicted octanol–water partition coefficient (Wildman–Crippen LogP) is 4.11. The minimum atomic E-state index is -3.92. The third-order valence-electron chi connectivity index (χ3n) is 5.99. The van der Waals surface area contributed by atoms with E-state index in [-0.39, 0.29) is 27.5 Å². The van der Waals surface area contributed by atoms with Gasteiger partial charge in [-0.25, -0.2) is 8.42 Å². The maximum Gasteiger partial charge on any atom is 0.261 e. The summed E-state index contributed by atoms with van der Waals surface area (Å²) >= 11 is 0. The summed E-state index contributed by atoms with van der Waals surface area (Å²) in [6, 6.07) is 18.4. The van der Waals surface area contributed by atoms with Crippen LogP contribution in [-0.4, -0.2) is 18.8 Å². The Hall–Kier alpha value is -3.71. The number of ketones is 1. The molecule has 1 heterocycles. The smallest absolute Gasteiger partial charge is 0.261 e. The Morgan fingerprint density at radius 1 is 0.875 bits per heavy atom. The third kappa shape index (κ3) is 2.97. The molecule has 160 valence electrons. The van der Waals surface area contributed by atoms with E-state index < -0.39 is 10.0 Å². The molecule has 0 fully saturated rings. The average molecular weight is 445 g/mol. The quantitative estimate of drug-likeness (QED) is 0.452. The van der Waals surface area contributed by atoms with Gasteiger partial charge in [-0.15, -0.1) is 0 Å². The molecule has 1 N–H and O–H groups in total. The van der Waals surface area contributed by atoms with Crippen LogP contribution >= 0.6 is 0 Å². The molecule has 3 aromatic carbocycles. The third-order valence-corrected chi connectivity index (χ3v) is 7.37. The van der Waals surface area contributed by atoms with E-state index in [1.54, 1.807) is 61.6 Å². The maximum absolute atomic E-state index is 13.5. The molecule has 0 atom stereocenters. The molecule has 7 heteroatoms. The first-order valence-electron chi connectivity index (χ1n) is 10.2. The molecule has 1 aliphatic rings. The van der Waals surface area contributed by atoms with Crippen LogP contribution in [0.4, 0.5) is 5.69 Å². The summed E-state index contributed by atoms with van der Waals surface area (Å²) in [4.78, 5) is 26.2. The van der Waals surface area contributed by atoms with Gasteiger partial charge in [-0.05, 0) is 47.4 Å². The Kier molecular flexibility index (Phi) is 4.53. The van der Waals surface area contributed by atoms with Crippen molar-refractivity contribution in [2.24, 2.45) is 7.05 Å². The molecule has 0 bridgehead atoms. The number of nitrogens with zero attached hydrogens (tertiary/aromatic N) is 1. The van der Waals surface area contributed by atoms with Gasteiger partial charge >= 0.3 is 0 Å². The SMILES string of the molecule is CCc1ccc(S(=O)(=O)Nc2ccc3c4c(cc(=O)n3C)-c3ccccc3C(=O)c24)cc1. The van der Waals surface area contributed by atoms with Gasteiger partial charge in [-0.1, -0.05) is 43.3 Å². The Labute approximate surface area is 185 Å². The topological polar surface area (TPSA) is 85.2 Å². The Bertz CT molecular complexity index is 1580. The molecule has 1 aliphatic carbocycles. The van der Waals surface area contributed by atoms with E-state index >= 15 is 0 Å². The summed E-state index contributed by atoms with van der Waals surface area (Å²) in [7, 11) is -2.28. The van der Waals surface area contributed by atoms with Crippen LogP contribution in [0.3, 0.4) is 0 Å². The van der Waals surface area contributed by atoms with Crippen molar-refractivity contribution < 1.29 is 13.2 Å². The molecule has 0 amide bonds. The number of sulfonamides is 1. The van der Waals surface area contributed by atoms with Gasteiger partial charge in [0.2, 0.25) is 0 Å². The zero-order valence-corrected chi connectivity index (χ0v) is 18.4. The van der Waals surface area contributed by atoms with Gasteiger partial charge in [0.15, 0.2) is 5.78 Å². The number of benzene rings is 3. The molecule has 1 aromatic heterocycles. The van der Waals surface area contributed by atoms with Crippen molar-refractivity contribution >= 4 is 32.4 Å². The van der Waals surface area contributed by atoms with Crippen molar-refractivity contribution in [3.8, 4) is 11.1 Å². The van der Waals surface area contributed by atoms with Crippen LogP contribution in [0, 0.1) is 0 Å². The molecular weight excluding hydrogens is 424 g/mol. The normalized spacial score (nSPS) is 12.6. The second-order valence-electron chi connectivity index (χ2n) is 7.82. The molecule has 0 saturated heterocycles. The van der Waals surface area contributed by atoms with E-state index in [2.05, 4.69) is 4.72 Å².